The summed E-state index contributed by atoms with van der Waals surface area (Å²) in [5.74, 6) is 3.58. The highest BCUT2D eigenvalue weighted by atomic mass is 32.1. The average molecular weight is 265 g/mol. The van der Waals surface area contributed by atoms with E-state index in [1.54, 1.807) is 0 Å². The van der Waals surface area contributed by atoms with E-state index in [1.807, 2.05) is 0 Å². The van der Waals surface area contributed by atoms with Gasteiger partial charge in [0.15, 0.2) is 11.8 Å². The highest BCUT2D eigenvalue weighted by molar-refractivity contribution is 7.80. The number of hydrazine groups is 1. The van der Waals surface area contributed by atoms with Gasteiger partial charge in [0, 0.05) is 17.8 Å². The molecule has 1 saturated heterocycles. The first kappa shape index (κ1) is 12.6. The zero-order chi connectivity index (χ0) is 13.0. The van der Waals surface area contributed by atoms with Crippen LogP contribution in [0.4, 0.5) is 0 Å². The van der Waals surface area contributed by atoms with Crippen LogP contribution in [0.5, 0.6) is 0 Å². The van der Waals surface area contributed by atoms with E-state index in [9.17, 15) is 0 Å². The Morgan fingerprint density at radius 1 is 1.17 bits per heavy atom. The number of fused-ring (bicyclic) bond motifs is 5. The molecule has 2 bridgehead atoms. The Morgan fingerprint density at radius 3 is 2.39 bits per heavy atom. The molecule has 1 N–H and O–H groups in total. The molecule has 2 aliphatic carbocycles. The summed E-state index contributed by atoms with van der Waals surface area (Å²) in [4.78, 5) is 1.12. The first-order chi connectivity index (χ1) is 8.50. The van der Waals surface area contributed by atoms with Crippen molar-refractivity contribution in [2.24, 2.45) is 29.6 Å². The Kier molecular flexibility index (Phi) is 3.00. The molecule has 3 aliphatic rings. The van der Waals surface area contributed by atoms with Gasteiger partial charge in [0.25, 0.3) is 0 Å². The quantitative estimate of drug-likeness (QED) is 0.610. The van der Waals surface area contributed by atoms with Crippen LogP contribution in [-0.2, 0) is 0 Å². The molecule has 0 aromatic heterocycles. The summed E-state index contributed by atoms with van der Waals surface area (Å²) >= 11 is 5.62. The van der Waals surface area contributed by atoms with Gasteiger partial charge < -0.3 is 0 Å². The Morgan fingerprint density at radius 2 is 1.78 bits per heavy atom. The minimum Gasteiger partial charge on any atom is -0.158 e. The summed E-state index contributed by atoms with van der Waals surface area (Å²) in [6.45, 7) is 9.22. The average Bonchev–Trinajstić information content (AvgIpc) is 2.91. The van der Waals surface area contributed by atoms with Gasteiger partial charge >= 0.3 is 0 Å². The van der Waals surface area contributed by atoms with Gasteiger partial charge in [0.1, 0.15) is 4.99 Å². The second-order valence-corrected chi connectivity index (χ2v) is 7.37. The number of thiocarbonyl (C=S) groups is 1. The van der Waals surface area contributed by atoms with E-state index < -0.39 is 0 Å². The molecular weight excluding hydrogens is 240 g/mol. The zero-order valence-corrected chi connectivity index (χ0v) is 12.8. The van der Waals surface area contributed by atoms with Gasteiger partial charge in [-0.05, 0) is 25.2 Å². The van der Waals surface area contributed by atoms with Crippen molar-refractivity contribution in [2.75, 3.05) is 0 Å². The zero-order valence-electron chi connectivity index (χ0n) is 11.9. The van der Waals surface area contributed by atoms with Gasteiger partial charge in [-0.2, -0.15) is 5.43 Å². The second-order valence-electron chi connectivity index (χ2n) is 6.93. The molecule has 0 aromatic carbocycles. The number of hydrogen-bond donors (Lipinski definition) is 1. The van der Waals surface area contributed by atoms with Crippen LogP contribution in [0.15, 0.2) is 0 Å². The Bertz CT molecular complexity index is 401. The largest absolute Gasteiger partial charge is 0.193 e. The lowest BCUT2D eigenvalue weighted by Gasteiger charge is -2.21. The minimum absolute atomic E-state index is 0.596. The molecule has 18 heavy (non-hydrogen) atoms. The van der Waals surface area contributed by atoms with E-state index in [4.69, 9.17) is 12.2 Å². The number of rotatable bonds is 2. The van der Waals surface area contributed by atoms with Crippen LogP contribution < -0.4 is 5.43 Å². The molecule has 2 unspecified atom stereocenters. The van der Waals surface area contributed by atoms with Crippen LogP contribution in [0.1, 0.15) is 47.0 Å². The van der Waals surface area contributed by atoms with Gasteiger partial charge in [0.2, 0.25) is 0 Å². The molecule has 100 valence electrons. The molecule has 2 saturated carbocycles. The molecule has 0 spiro atoms. The Balaban J connectivity index is 2.03. The van der Waals surface area contributed by atoms with Gasteiger partial charge in [-0.1, -0.05) is 39.9 Å². The van der Waals surface area contributed by atoms with Gasteiger partial charge in [-0.15, -0.1) is 4.68 Å². The number of nitrogens with one attached hydrogen (secondary N) is 1. The lowest BCUT2D eigenvalue weighted by atomic mass is 9.85. The Hall–Kier alpha value is -0.440. The van der Waals surface area contributed by atoms with E-state index in [2.05, 4.69) is 37.8 Å². The standard InChI is InChI=1S/C15H24N2S/c1-8(2)13(9(3)4)17-14-11-6-5-10(7-11)12(14)15(18)16-17/h8-12,14H,5-7H2,1-4H3/p+1/t10-,11+,12?,14?/m1/s1. The van der Waals surface area contributed by atoms with E-state index >= 15 is 0 Å². The monoisotopic (exact) mass is 265 g/mol. The van der Waals surface area contributed by atoms with Crippen LogP contribution in [0.25, 0.3) is 0 Å². The van der Waals surface area contributed by atoms with Gasteiger partial charge in [-0.3, -0.25) is 0 Å². The minimum atomic E-state index is 0.596. The van der Waals surface area contributed by atoms with Crippen molar-refractivity contribution in [3.63, 3.8) is 0 Å². The lowest BCUT2D eigenvalue weighted by Crippen LogP contribution is -2.41. The summed E-state index contributed by atoms with van der Waals surface area (Å²) in [5, 5.41) is 0. The van der Waals surface area contributed by atoms with Crippen molar-refractivity contribution >= 4 is 22.9 Å². The van der Waals surface area contributed by atoms with E-state index in [0.717, 1.165) is 16.8 Å². The number of nitrogens with zero attached hydrogens (tertiary/aromatic N) is 1. The van der Waals surface area contributed by atoms with Crippen molar-refractivity contribution < 1.29 is 4.68 Å². The van der Waals surface area contributed by atoms with Crippen LogP contribution in [0, 0.1) is 29.6 Å². The molecule has 1 aliphatic heterocycles. The molecule has 2 nitrogen and oxygen atoms in total. The van der Waals surface area contributed by atoms with Crippen molar-refractivity contribution in [1.82, 2.24) is 5.43 Å². The Labute approximate surface area is 116 Å². The van der Waals surface area contributed by atoms with E-state index in [-0.39, 0.29) is 0 Å². The third-order valence-electron chi connectivity index (χ3n) is 5.17. The first-order valence-corrected chi connectivity index (χ1v) is 7.88. The summed E-state index contributed by atoms with van der Waals surface area (Å²) in [6, 6.07) is 0.663. The molecule has 1 heterocycles. The van der Waals surface area contributed by atoms with Crippen molar-refractivity contribution in [2.45, 2.75) is 53.0 Å². The molecule has 0 amide bonds. The predicted octanol–water partition coefficient (Wildman–Crippen LogP) is 3.01. The first-order valence-electron chi connectivity index (χ1n) is 7.47. The normalized spacial score (nSPS) is 37.7. The molecule has 3 heteroatoms. The molecule has 3 fully saturated rings. The molecule has 0 radical (unpaired) electrons. The molecule has 0 aromatic rings. The van der Waals surface area contributed by atoms with Crippen LogP contribution in [-0.4, -0.2) is 21.4 Å². The number of hydrazone groups is 1. The van der Waals surface area contributed by atoms with Crippen LogP contribution in [0.2, 0.25) is 0 Å². The maximum atomic E-state index is 5.62. The number of hydrogen-bond acceptors (Lipinski definition) is 1. The van der Waals surface area contributed by atoms with Crippen molar-refractivity contribution in [1.29, 1.82) is 0 Å². The van der Waals surface area contributed by atoms with E-state index in [1.165, 1.54) is 25.0 Å². The highest BCUT2D eigenvalue weighted by Crippen LogP contribution is 2.51. The smallest absolute Gasteiger partial charge is 0.158 e. The van der Waals surface area contributed by atoms with Crippen molar-refractivity contribution in [3.05, 3.63) is 0 Å². The fourth-order valence-corrected chi connectivity index (χ4v) is 5.16. The third kappa shape index (κ3) is 1.66. The van der Waals surface area contributed by atoms with Gasteiger partial charge in [-0.25, -0.2) is 0 Å². The second kappa shape index (κ2) is 4.29. The highest BCUT2D eigenvalue weighted by Gasteiger charge is 2.60. The third-order valence-corrected chi connectivity index (χ3v) is 5.53. The summed E-state index contributed by atoms with van der Waals surface area (Å²) < 4.78 is 2.48. The molecule has 4 atom stereocenters. The lowest BCUT2D eigenvalue weighted by molar-refractivity contribution is -0.605. The summed E-state index contributed by atoms with van der Waals surface area (Å²) in [7, 11) is 0. The van der Waals surface area contributed by atoms with Crippen molar-refractivity contribution in [3.8, 4) is 0 Å². The fraction of sp³-hybridized carbons (Fsp3) is 0.867. The fourth-order valence-electron chi connectivity index (χ4n) is 4.73. The summed E-state index contributed by atoms with van der Waals surface area (Å²) in [5.41, 5.74) is 5.09. The topological polar surface area (TPSA) is 15.0 Å². The SMILES string of the molecule is CC(C)C(C(C)C)=[N+]1NC(=S)C2C1[C@H]1CC[C@@H]2C1. The predicted molar refractivity (Wildman–Crippen MR) is 78.8 cm³/mol. The van der Waals surface area contributed by atoms with Gasteiger partial charge in [0.05, 0.1) is 5.92 Å². The molecular formula is C15H25N2S+. The summed E-state index contributed by atoms with van der Waals surface area (Å²) in [6.07, 6.45) is 4.23. The van der Waals surface area contributed by atoms with Crippen LogP contribution in [0.3, 0.4) is 0 Å². The maximum Gasteiger partial charge on any atom is 0.193 e. The molecule has 3 rings (SSSR count). The maximum absolute atomic E-state index is 5.62. The van der Waals surface area contributed by atoms with E-state index in [0.29, 0.717) is 23.8 Å². The van der Waals surface area contributed by atoms with Crippen LogP contribution >= 0.6 is 12.2 Å².